The predicted molar refractivity (Wildman–Crippen MR) is 68.1 cm³/mol. The lowest BCUT2D eigenvalue weighted by atomic mass is 9.41. The maximum atomic E-state index is 11.7. The molecule has 4 rings (SSSR count). The highest BCUT2D eigenvalue weighted by Gasteiger charge is 2.65. The van der Waals surface area contributed by atoms with Gasteiger partial charge in [-0.3, -0.25) is 4.79 Å². The van der Waals surface area contributed by atoms with Crippen molar-refractivity contribution in [3.8, 4) is 0 Å². The van der Waals surface area contributed by atoms with E-state index < -0.39 is 17.0 Å². The molecule has 0 saturated heterocycles. The molecule has 0 amide bonds. The quantitative estimate of drug-likeness (QED) is 0.812. The number of carboxylic acids is 1. The Morgan fingerprint density at radius 1 is 1.28 bits per heavy atom. The third kappa shape index (κ3) is 1.43. The van der Waals surface area contributed by atoms with Gasteiger partial charge in [0.1, 0.15) is 0 Å². The molecule has 4 saturated carbocycles. The Morgan fingerprint density at radius 3 is 2.28 bits per heavy atom. The monoisotopic (exact) mass is 252 g/mol. The van der Waals surface area contributed by atoms with E-state index in [1.807, 2.05) is 13.8 Å². The highest BCUT2D eigenvalue weighted by molar-refractivity contribution is 5.75. The Kier molecular flexibility index (Phi) is 2.42. The van der Waals surface area contributed by atoms with E-state index in [1.165, 1.54) is 6.42 Å². The van der Waals surface area contributed by atoms with E-state index in [0.717, 1.165) is 32.1 Å². The average Bonchev–Trinajstić information content (AvgIpc) is 2.26. The molecule has 102 valence electrons. The molecule has 4 bridgehead atoms. The highest BCUT2D eigenvalue weighted by Crippen LogP contribution is 2.68. The zero-order chi connectivity index (χ0) is 13.2. The molecule has 0 aliphatic heterocycles. The number of rotatable bonds is 3. The first-order valence-corrected chi connectivity index (χ1v) is 7.28. The van der Waals surface area contributed by atoms with Gasteiger partial charge in [-0.05, 0) is 63.7 Å². The summed E-state index contributed by atoms with van der Waals surface area (Å²) in [5, 5.41) is 20.4. The summed E-state index contributed by atoms with van der Waals surface area (Å²) in [7, 11) is 0. The molecule has 4 aliphatic carbocycles. The Hall–Kier alpha value is -0.570. The molecular weight excluding hydrogens is 228 g/mol. The summed E-state index contributed by atoms with van der Waals surface area (Å²) in [5.41, 5.74) is -1.36. The second-order valence-electron chi connectivity index (χ2n) is 7.45. The van der Waals surface area contributed by atoms with E-state index >= 15 is 0 Å². The third-order valence-corrected chi connectivity index (χ3v) is 6.35. The van der Waals surface area contributed by atoms with Crippen LogP contribution in [0.5, 0.6) is 0 Å². The normalized spacial score (nSPS) is 49.1. The standard InChI is InChI=1S/C15H24O3/c1-3-13(2,18)15-7-10-4-11(8-15)6-14(5-10,9-15)12(16)17/h10-11,18H,3-9H2,1-2H3,(H,16,17). The van der Waals surface area contributed by atoms with E-state index in [0.29, 0.717) is 18.3 Å². The van der Waals surface area contributed by atoms with Crippen LogP contribution >= 0.6 is 0 Å². The van der Waals surface area contributed by atoms with Gasteiger partial charge in [0.2, 0.25) is 0 Å². The summed E-state index contributed by atoms with van der Waals surface area (Å²) in [6.07, 6.45) is 6.39. The molecule has 0 spiro atoms. The lowest BCUT2D eigenvalue weighted by molar-refractivity contribution is -0.210. The number of aliphatic carboxylic acids is 1. The van der Waals surface area contributed by atoms with Gasteiger partial charge >= 0.3 is 5.97 Å². The minimum atomic E-state index is -0.703. The molecule has 0 aromatic rings. The van der Waals surface area contributed by atoms with Crippen molar-refractivity contribution >= 4 is 5.97 Å². The fourth-order valence-corrected chi connectivity index (χ4v) is 5.52. The van der Waals surface area contributed by atoms with Crippen LogP contribution < -0.4 is 0 Å². The van der Waals surface area contributed by atoms with Crippen LogP contribution in [-0.2, 0) is 4.79 Å². The predicted octanol–water partition coefficient (Wildman–Crippen LogP) is 2.82. The number of aliphatic hydroxyl groups is 1. The molecule has 4 fully saturated rings. The molecule has 3 heteroatoms. The van der Waals surface area contributed by atoms with Crippen LogP contribution in [-0.4, -0.2) is 21.8 Å². The van der Waals surface area contributed by atoms with Gasteiger partial charge in [-0.1, -0.05) is 6.92 Å². The lowest BCUT2D eigenvalue weighted by Crippen LogP contribution is -2.62. The molecule has 0 aromatic heterocycles. The van der Waals surface area contributed by atoms with Crippen LogP contribution in [0.15, 0.2) is 0 Å². The van der Waals surface area contributed by atoms with Gasteiger partial charge in [-0.15, -0.1) is 0 Å². The van der Waals surface area contributed by atoms with Crippen molar-refractivity contribution in [2.45, 2.75) is 64.4 Å². The maximum absolute atomic E-state index is 11.7. The van der Waals surface area contributed by atoms with Crippen molar-refractivity contribution in [2.75, 3.05) is 0 Å². The summed E-state index contributed by atoms with van der Waals surface area (Å²) >= 11 is 0. The largest absolute Gasteiger partial charge is 0.481 e. The van der Waals surface area contributed by atoms with Gasteiger partial charge in [0.25, 0.3) is 0 Å². The van der Waals surface area contributed by atoms with Crippen molar-refractivity contribution in [1.29, 1.82) is 0 Å². The van der Waals surface area contributed by atoms with Gasteiger partial charge in [-0.2, -0.15) is 0 Å². The van der Waals surface area contributed by atoms with Crippen LogP contribution in [0.2, 0.25) is 0 Å². The van der Waals surface area contributed by atoms with Crippen LogP contribution in [0.25, 0.3) is 0 Å². The van der Waals surface area contributed by atoms with Crippen molar-refractivity contribution in [3.05, 3.63) is 0 Å². The van der Waals surface area contributed by atoms with Crippen molar-refractivity contribution < 1.29 is 15.0 Å². The maximum Gasteiger partial charge on any atom is 0.309 e. The first kappa shape index (κ1) is 12.5. The SMILES string of the molecule is CCC(C)(O)C12CC3CC(CC(C(=O)O)(C3)C1)C2. The minimum Gasteiger partial charge on any atom is -0.481 e. The molecule has 0 radical (unpaired) electrons. The summed E-state index contributed by atoms with van der Waals surface area (Å²) in [5.74, 6) is 0.439. The Balaban J connectivity index is 2.02. The van der Waals surface area contributed by atoms with Gasteiger partial charge < -0.3 is 10.2 Å². The van der Waals surface area contributed by atoms with Gasteiger partial charge in [0.05, 0.1) is 11.0 Å². The Bertz CT molecular complexity index is 371. The van der Waals surface area contributed by atoms with E-state index in [9.17, 15) is 15.0 Å². The van der Waals surface area contributed by atoms with Crippen LogP contribution in [0.3, 0.4) is 0 Å². The summed E-state index contributed by atoms with van der Waals surface area (Å²) in [4.78, 5) is 11.7. The number of carboxylic acid groups (broad SMARTS) is 1. The molecule has 0 aromatic carbocycles. The van der Waals surface area contributed by atoms with E-state index in [-0.39, 0.29) is 5.41 Å². The Morgan fingerprint density at radius 2 is 1.83 bits per heavy atom. The molecule has 2 N–H and O–H groups in total. The van der Waals surface area contributed by atoms with Crippen molar-refractivity contribution in [2.24, 2.45) is 22.7 Å². The van der Waals surface area contributed by atoms with Crippen molar-refractivity contribution in [3.63, 3.8) is 0 Å². The molecule has 4 aliphatic rings. The van der Waals surface area contributed by atoms with E-state index in [1.54, 1.807) is 0 Å². The summed E-state index contributed by atoms with van der Waals surface area (Å²) in [6, 6.07) is 0. The van der Waals surface area contributed by atoms with E-state index in [4.69, 9.17) is 0 Å². The fraction of sp³-hybridized carbons (Fsp3) is 0.933. The van der Waals surface area contributed by atoms with Crippen LogP contribution in [0, 0.1) is 22.7 Å². The topological polar surface area (TPSA) is 57.5 Å². The molecule has 3 unspecified atom stereocenters. The van der Waals surface area contributed by atoms with Crippen molar-refractivity contribution in [1.82, 2.24) is 0 Å². The van der Waals surface area contributed by atoms with E-state index in [2.05, 4.69) is 0 Å². The minimum absolute atomic E-state index is 0.135. The Labute approximate surface area is 109 Å². The summed E-state index contributed by atoms with van der Waals surface area (Å²) in [6.45, 7) is 3.95. The lowest BCUT2D eigenvalue weighted by Gasteiger charge is -2.64. The summed E-state index contributed by atoms with van der Waals surface area (Å²) < 4.78 is 0. The smallest absolute Gasteiger partial charge is 0.309 e. The number of hydrogen-bond donors (Lipinski definition) is 2. The van der Waals surface area contributed by atoms with Gasteiger partial charge in [-0.25, -0.2) is 0 Å². The number of carbonyl (C=O) groups is 1. The third-order valence-electron chi connectivity index (χ3n) is 6.35. The average molecular weight is 252 g/mol. The molecule has 0 heterocycles. The second kappa shape index (κ2) is 3.50. The zero-order valence-electron chi connectivity index (χ0n) is 11.4. The molecule has 3 nitrogen and oxygen atoms in total. The zero-order valence-corrected chi connectivity index (χ0v) is 11.4. The molecule has 3 atom stereocenters. The first-order chi connectivity index (χ1) is 8.32. The number of hydrogen-bond acceptors (Lipinski definition) is 2. The molecular formula is C15H24O3. The van der Waals surface area contributed by atoms with Crippen LogP contribution in [0.1, 0.15) is 58.8 Å². The van der Waals surface area contributed by atoms with Gasteiger partial charge in [0, 0.05) is 5.41 Å². The second-order valence-corrected chi connectivity index (χ2v) is 7.45. The fourth-order valence-electron chi connectivity index (χ4n) is 5.52. The van der Waals surface area contributed by atoms with Gasteiger partial charge in [0.15, 0.2) is 0 Å². The first-order valence-electron chi connectivity index (χ1n) is 7.28. The molecule has 18 heavy (non-hydrogen) atoms. The van der Waals surface area contributed by atoms with Crippen LogP contribution in [0.4, 0.5) is 0 Å². The highest BCUT2D eigenvalue weighted by atomic mass is 16.4.